The van der Waals surface area contributed by atoms with Crippen molar-refractivity contribution in [1.82, 2.24) is 0 Å². The third-order valence-electron chi connectivity index (χ3n) is 3.02. The number of rotatable bonds is 4. The predicted molar refractivity (Wildman–Crippen MR) is 93.1 cm³/mol. The predicted octanol–water partition coefficient (Wildman–Crippen LogP) is 5.30. The lowest BCUT2D eigenvalue weighted by Gasteiger charge is -2.17. The van der Waals surface area contributed by atoms with Gasteiger partial charge in [0.2, 0.25) is 0 Å². The highest BCUT2D eigenvalue weighted by Crippen LogP contribution is 2.32. The molecule has 0 saturated heterocycles. The van der Waals surface area contributed by atoms with Crippen molar-refractivity contribution in [1.29, 1.82) is 0 Å². The zero-order valence-corrected chi connectivity index (χ0v) is 15.9. The van der Waals surface area contributed by atoms with Crippen molar-refractivity contribution >= 4 is 53.5 Å². The monoisotopic (exact) mass is 464 g/mol. The fourth-order valence-corrected chi connectivity index (χ4v) is 2.85. The number of hydrogen-bond donors (Lipinski definition) is 2. The number of aryl methyl sites for hydroxylation is 2. The fourth-order valence-electron chi connectivity index (χ4n) is 2.01. The Bertz CT molecular complexity index is 582. The van der Waals surface area contributed by atoms with Crippen LogP contribution < -0.4 is 11.1 Å². The van der Waals surface area contributed by atoms with Crippen LogP contribution in [0.1, 0.15) is 22.9 Å². The minimum atomic E-state index is -0.0717. The van der Waals surface area contributed by atoms with Crippen molar-refractivity contribution in [3.63, 3.8) is 0 Å². The summed E-state index contributed by atoms with van der Waals surface area (Å²) >= 11 is 10.3. The molecule has 2 aromatic rings. The van der Waals surface area contributed by atoms with E-state index < -0.39 is 0 Å². The SMILES string of the molecule is Cc1cc(NC(CN)c2cc(Br)c(Br)o2)cc(C)c1Br. The van der Waals surface area contributed by atoms with E-state index in [-0.39, 0.29) is 6.04 Å². The zero-order valence-electron chi connectivity index (χ0n) is 11.1. The van der Waals surface area contributed by atoms with Crippen LogP contribution in [-0.2, 0) is 0 Å². The van der Waals surface area contributed by atoms with E-state index in [1.54, 1.807) is 0 Å². The van der Waals surface area contributed by atoms with E-state index in [0.29, 0.717) is 11.2 Å². The number of halogens is 3. The van der Waals surface area contributed by atoms with Crippen LogP contribution in [0.2, 0.25) is 0 Å². The van der Waals surface area contributed by atoms with Gasteiger partial charge < -0.3 is 15.5 Å². The van der Waals surface area contributed by atoms with Crippen molar-refractivity contribution in [2.75, 3.05) is 11.9 Å². The third kappa shape index (κ3) is 3.47. The fraction of sp³-hybridized carbons (Fsp3) is 0.286. The van der Waals surface area contributed by atoms with Crippen LogP contribution in [0.4, 0.5) is 5.69 Å². The number of hydrogen-bond acceptors (Lipinski definition) is 3. The molecule has 0 saturated carbocycles. The van der Waals surface area contributed by atoms with E-state index >= 15 is 0 Å². The Balaban J connectivity index is 2.26. The lowest BCUT2D eigenvalue weighted by molar-refractivity contribution is 0.462. The van der Waals surface area contributed by atoms with Crippen LogP contribution in [0.3, 0.4) is 0 Å². The van der Waals surface area contributed by atoms with E-state index in [4.69, 9.17) is 10.2 Å². The van der Waals surface area contributed by atoms with Gasteiger partial charge in [-0.25, -0.2) is 0 Å². The molecule has 0 fully saturated rings. The van der Waals surface area contributed by atoms with Gasteiger partial charge in [0.25, 0.3) is 0 Å². The Morgan fingerprint density at radius 3 is 2.20 bits per heavy atom. The number of furan rings is 1. The summed E-state index contributed by atoms with van der Waals surface area (Å²) in [7, 11) is 0. The van der Waals surface area contributed by atoms with Crippen molar-refractivity contribution in [2.45, 2.75) is 19.9 Å². The molecule has 0 aliphatic carbocycles. The molecule has 108 valence electrons. The Labute approximate surface area is 143 Å². The maximum atomic E-state index is 5.86. The van der Waals surface area contributed by atoms with Gasteiger partial charge in [-0.3, -0.25) is 0 Å². The lowest BCUT2D eigenvalue weighted by atomic mass is 10.1. The quantitative estimate of drug-likeness (QED) is 0.643. The normalized spacial score (nSPS) is 12.5. The molecule has 1 unspecified atom stereocenters. The number of nitrogens with one attached hydrogen (secondary N) is 1. The first-order chi connectivity index (χ1) is 9.42. The van der Waals surface area contributed by atoms with Crippen LogP contribution in [0.25, 0.3) is 0 Å². The van der Waals surface area contributed by atoms with Gasteiger partial charge in [0, 0.05) is 16.7 Å². The van der Waals surface area contributed by atoms with Gasteiger partial charge in [-0.1, -0.05) is 15.9 Å². The van der Waals surface area contributed by atoms with Crippen molar-refractivity contribution < 1.29 is 4.42 Å². The molecule has 1 atom stereocenters. The molecule has 0 bridgehead atoms. The minimum Gasteiger partial charge on any atom is -0.451 e. The first-order valence-corrected chi connectivity index (χ1v) is 8.48. The van der Waals surface area contributed by atoms with E-state index in [1.807, 2.05) is 6.07 Å². The van der Waals surface area contributed by atoms with E-state index in [9.17, 15) is 0 Å². The van der Waals surface area contributed by atoms with Crippen molar-refractivity contribution in [3.8, 4) is 0 Å². The molecule has 0 aliphatic rings. The molecule has 20 heavy (non-hydrogen) atoms. The maximum absolute atomic E-state index is 5.86. The summed E-state index contributed by atoms with van der Waals surface area (Å²) in [5.41, 5.74) is 9.26. The summed E-state index contributed by atoms with van der Waals surface area (Å²) < 4.78 is 8.34. The highest BCUT2D eigenvalue weighted by Gasteiger charge is 2.17. The van der Waals surface area contributed by atoms with E-state index in [2.05, 4.69) is 79.1 Å². The summed E-state index contributed by atoms with van der Waals surface area (Å²) in [5, 5.41) is 3.41. The van der Waals surface area contributed by atoms with Crippen LogP contribution in [0, 0.1) is 13.8 Å². The summed E-state index contributed by atoms with van der Waals surface area (Å²) in [6.45, 7) is 4.58. The van der Waals surface area contributed by atoms with Crippen molar-refractivity contribution in [2.24, 2.45) is 5.73 Å². The number of benzene rings is 1. The average molecular weight is 467 g/mol. The Hall–Kier alpha value is -0.300. The number of nitrogens with two attached hydrogens (primary N) is 1. The maximum Gasteiger partial charge on any atom is 0.183 e. The van der Waals surface area contributed by atoms with Gasteiger partial charge in [-0.15, -0.1) is 0 Å². The minimum absolute atomic E-state index is 0.0717. The van der Waals surface area contributed by atoms with Crippen molar-refractivity contribution in [3.05, 3.63) is 48.7 Å². The Kier molecular flexibility index (Phi) is 5.34. The smallest absolute Gasteiger partial charge is 0.183 e. The molecular weight excluding hydrogens is 452 g/mol. The first-order valence-electron chi connectivity index (χ1n) is 6.10. The zero-order chi connectivity index (χ0) is 14.9. The highest BCUT2D eigenvalue weighted by molar-refractivity contribution is 9.13. The molecule has 0 spiro atoms. The summed E-state index contributed by atoms with van der Waals surface area (Å²) in [5.74, 6) is 0.796. The van der Waals surface area contributed by atoms with Crippen LogP contribution in [-0.4, -0.2) is 6.54 Å². The largest absolute Gasteiger partial charge is 0.451 e. The van der Waals surface area contributed by atoms with E-state index in [1.165, 1.54) is 11.1 Å². The molecule has 0 radical (unpaired) electrons. The summed E-state index contributed by atoms with van der Waals surface area (Å²) in [6.07, 6.45) is 0. The van der Waals surface area contributed by atoms with Gasteiger partial charge in [0.05, 0.1) is 10.5 Å². The third-order valence-corrected chi connectivity index (χ3v) is 5.98. The molecule has 2 rings (SSSR count). The molecule has 6 heteroatoms. The topological polar surface area (TPSA) is 51.2 Å². The second kappa shape index (κ2) is 6.64. The van der Waals surface area contributed by atoms with Gasteiger partial charge in [-0.05, 0) is 75.0 Å². The van der Waals surface area contributed by atoms with E-state index in [0.717, 1.165) is 20.4 Å². The average Bonchev–Trinajstić information content (AvgIpc) is 2.73. The van der Waals surface area contributed by atoms with Gasteiger partial charge in [0.1, 0.15) is 5.76 Å². The Morgan fingerprint density at radius 1 is 1.15 bits per heavy atom. The Morgan fingerprint density at radius 2 is 1.75 bits per heavy atom. The van der Waals surface area contributed by atoms with Crippen LogP contribution >= 0.6 is 47.8 Å². The molecule has 1 aromatic heterocycles. The number of anilines is 1. The lowest BCUT2D eigenvalue weighted by Crippen LogP contribution is -2.20. The van der Waals surface area contributed by atoms with Crippen LogP contribution in [0.5, 0.6) is 0 Å². The molecular formula is C14H15Br3N2O. The van der Waals surface area contributed by atoms with Crippen LogP contribution in [0.15, 0.2) is 36.2 Å². The highest BCUT2D eigenvalue weighted by atomic mass is 79.9. The summed E-state index contributed by atoms with van der Waals surface area (Å²) in [4.78, 5) is 0. The second-order valence-corrected chi connectivity index (χ2v) is 6.99. The second-order valence-electron chi connectivity index (χ2n) is 4.63. The van der Waals surface area contributed by atoms with Gasteiger partial charge >= 0.3 is 0 Å². The standard InChI is InChI=1S/C14H15Br3N2O/c1-7-3-9(4-8(2)13(7)16)19-11(6-18)12-5-10(15)14(17)20-12/h3-5,11,19H,6,18H2,1-2H3. The molecule has 1 heterocycles. The molecule has 0 amide bonds. The molecule has 0 aliphatic heterocycles. The van der Waals surface area contributed by atoms with Gasteiger partial charge in [-0.2, -0.15) is 0 Å². The molecule has 3 nitrogen and oxygen atoms in total. The molecule has 3 N–H and O–H groups in total. The summed E-state index contributed by atoms with van der Waals surface area (Å²) in [6, 6.07) is 6.03. The molecule has 1 aromatic carbocycles. The van der Waals surface area contributed by atoms with Gasteiger partial charge in [0.15, 0.2) is 4.67 Å². The first kappa shape index (κ1) is 16.1.